The molecule has 1 saturated heterocycles. The minimum atomic E-state index is 0.632. The van der Waals surface area contributed by atoms with E-state index >= 15 is 0 Å². The first-order valence-electron chi connectivity index (χ1n) is 6.93. The molecule has 1 rings (SSSR count). The van der Waals surface area contributed by atoms with Gasteiger partial charge in [0.25, 0.3) is 0 Å². The number of hydrogen-bond donors (Lipinski definition) is 1. The Morgan fingerprint density at radius 2 is 1.88 bits per heavy atom. The molecule has 16 heavy (non-hydrogen) atoms. The molecule has 1 aliphatic heterocycles. The first-order valence-corrected chi connectivity index (χ1v) is 7.56. The molecule has 0 bridgehead atoms. The van der Waals surface area contributed by atoms with Gasteiger partial charge in [-0.3, -0.25) is 0 Å². The van der Waals surface area contributed by atoms with Crippen LogP contribution in [0.4, 0.5) is 0 Å². The zero-order valence-electron chi connectivity index (χ0n) is 11.3. The SMILES string of the molecule is CCC1(C)CCN(CCC(C)CCS)CC1. The van der Waals surface area contributed by atoms with Crippen molar-refractivity contribution in [2.75, 3.05) is 25.4 Å². The Kier molecular flexibility index (Phi) is 6.20. The number of likely N-dealkylation sites (tertiary alicyclic amines) is 1. The predicted octanol–water partition coefficient (Wildman–Crippen LogP) is 3.84. The van der Waals surface area contributed by atoms with E-state index in [9.17, 15) is 0 Å². The molecule has 1 fully saturated rings. The lowest BCUT2D eigenvalue weighted by molar-refractivity contribution is 0.110. The highest BCUT2D eigenvalue weighted by Gasteiger charge is 2.27. The van der Waals surface area contributed by atoms with Crippen molar-refractivity contribution in [2.45, 2.75) is 52.9 Å². The molecular formula is C14H29NS. The standard InChI is InChI=1S/C14H29NS/c1-4-14(3)7-10-15(11-8-14)9-5-13(2)6-12-16/h13,16H,4-12H2,1-3H3. The van der Waals surface area contributed by atoms with Crippen molar-refractivity contribution in [1.82, 2.24) is 4.90 Å². The van der Waals surface area contributed by atoms with E-state index in [0.717, 1.165) is 11.7 Å². The summed E-state index contributed by atoms with van der Waals surface area (Å²) in [5, 5.41) is 0. The average Bonchev–Trinajstić information content (AvgIpc) is 2.29. The molecule has 0 aromatic heterocycles. The summed E-state index contributed by atoms with van der Waals surface area (Å²) < 4.78 is 0. The molecule has 1 aliphatic rings. The van der Waals surface area contributed by atoms with Crippen LogP contribution in [-0.4, -0.2) is 30.3 Å². The van der Waals surface area contributed by atoms with Gasteiger partial charge in [-0.25, -0.2) is 0 Å². The summed E-state index contributed by atoms with van der Waals surface area (Å²) in [5.41, 5.74) is 0.632. The van der Waals surface area contributed by atoms with Crippen LogP contribution in [0, 0.1) is 11.3 Å². The van der Waals surface area contributed by atoms with Crippen LogP contribution < -0.4 is 0 Å². The fraction of sp³-hybridized carbons (Fsp3) is 1.00. The third-order valence-corrected chi connectivity index (χ3v) is 4.73. The summed E-state index contributed by atoms with van der Waals surface area (Å²) in [6.07, 6.45) is 6.75. The average molecular weight is 243 g/mol. The van der Waals surface area contributed by atoms with E-state index in [1.807, 2.05) is 0 Å². The minimum Gasteiger partial charge on any atom is -0.303 e. The van der Waals surface area contributed by atoms with Gasteiger partial charge in [0.2, 0.25) is 0 Å². The zero-order chi connectivity index (χ0) is 12.0. The van der Waals surface area contributed by atoms with E-state index in [1.165, 1.54) is 51.7 Å². The number of piperidine rings is 1. The van der Waals surface area contributed by atoms with E-state index in [1.54, 1.807) is 0 Å². The molecule has 1 nitrogen and oxygen atoms in total. The summed E-state index contributed by atoms with van der Waals surface area (Å²) in [5.74, 6) is 1.88. The van der Waals surface area contributed by atoms with E-state index in [-0.39, 0.29) is 0 Å². The largest absolute Gasteiger partial charge is 0.303 e. The van der Waals surface area contributed by atoms with Gasteiger partial charge in [-0.2, -0.15) is 12.6 Å². The minimum absolute atomic E-state index is 0.632. The fourth-order valence-corrected chi connectivity index (χ4v) is 2.88. The van der Waals surface area contributed by atoms with Crippen LogP contribution in [-0.2, 0) is 0 Å². The summed E-state index contributed by atoms with van der Waals surface area (Å²) in [7, 11) is 0. The topological polar surface area (TPSA) is 3.24 Å². The predicted molar refractivity (Wildman–Crippen MR) is 76.3 cm³/mol. The van der Waals surface area contributed by atoms with E-state index in [4.69, 9.17) is 0 Å². The third-order valence-electron chi connectivity index (χ3n) is 4.48. The summed E-state index contributed by atoms with van der Waals surface area (Å²) >= 11 is 4.30. The molecule has 2 heteroatoms. The Morgan fingerprint density at radius 1 is 1.25 bits per heavy atom. The second-order valence-corrected chi connectivity index (χ2v) is 6.36. The molecule has 1 unspecified atom stereocenters. The highest BCUT2D eigenvalue weighted by atomic mass is 32.1. The Hall–Kier alpha value is 0.310. The maximum atomic E-state index is 4.30. The van der Waals surface area contributed by atoms with E-state index < -0.39 is 0 Å². The fourth-order valence-electron chi connectivity index (χ4n) is 2.44. The molecule has 0 N–H and O–H groups in total. The molecule has 0 aromatic rings. The van der Waals surface area contributed by atoms with E-state index in [0.29, 0.717) is 5.41 Å². The van der Waals surface area contributed by atoms with Gasteiger partial charge < -0.3 is 4.90 Å². The molecule has 0 radical (unpaired) electrons. The number of nitrogens with zero attached hydrogens (tertiary/aromatic N) is 1. The van der Waals surface area contributed by atoms with Crippen LogP contribution in [0.5, 0.6) is 0 Å². The molecule has 1 heterocycles. The van der Waals surface area contributed by atoms with Crippen molar-refractivity contribution >= 4 is 12.6 Å². The Bertz CT molecular complexity index is 185. The first-order chi connectivity index (χ1) is 7.59. The maximum Gasteiger partial charge on any atom is -0.00135 e. The molecule has 0 spiro atoms. The molecule has 0 saturated carbocycles. The monoisotopic (exact) mass is 243 g/mol. The van der Waals surface area contributed by atoms with Gasteiger partial charge in [0.05, 0.1) is 0 Å². The molecule has 1 atom stereocenters. The highest BCUT2D eigenvalue weighted by Crippen LogP contribution is 2.33. The van der Waals surface area contributed by atoms with Crippen molar-refractivity contribution in [3.63, 3.8) is 0 Å². The van der Waals surface area contributed by atoms with Crippen molar-refractivity contribution in [3.05, 3.63) is 0 Å². The molecule has 0 aromatic carbocycles. The summed E-state index contributed by atoms with van der Waals surface area (Å²) in [6.45, 7) is 11.1. The second kappa shape index (κ2) is 6.90. The third kappa shape index (κ3) is 4.67. The van der Waals surface area contributed by atoms with Gasteiger partial charge in [-0.1, -0.05) is 27.2 Å². The molecule has 96 valence electrons. The lowest BCUT2D eigenvalue weighted by Gasteiger charge is -2.39. The van der Waals surface area contributed by atoms with Gasteiger partial charge in [0.15, 0.2) is 0 Å². The van der Waals surface area contributed by atoms with Gasteiger partial charge >= 0.3 is 0 Å². The van der Waals surface area contributed by atoms with Crippen molar-refractivity contribution in [1.29, 1.82) is 0 Å². The second-order valence-electron chi connectivity index (χ2n) is 5.91. The first kappa shape index (κ1) is 14.4. The van der Waals surface area contributed by atoms with Crippen molar-refractivity contribution in [2.24, 2.45) is 11.3 Å². The van der Waals surface area contributed by atoms with Crippen LogP contribution >= 0.6 is 12.6 Å². The van der Waals surface area contributed by atoms with Crippen molar-refractivity contribution < 1.29 is 0 Å². The smallest absolute Gasteiger partial charge is 0.00135 e. The lowest BCUT2D eigenvalue weighted by atomic mass is 9.78. The Balaban J connectivity index is 2.17. The maximum absolute atomic E-state index is 4.30. The van der Waals surface area contributed by atoms with Crippen LogP contribution in [0.1, 0.15) is 52.9 Å². The van der Waals surface area contributed by atoms with Crippen LogP contribution in [0.2, 0.25) is 0 Å². The van der Waals surface area contributed by atoms with Gasteiger partial charge in [0, 0.05) is 0 Å². The normalized spacial score (nSPS) is 23.2. The number of rotatable bonds is 6. The quantitative estimate of drug-likeness (QED) is 0.694. The highest BCUT2D eigenvalue weighted by molar-refractivity contribution is 7.80. The zero-order valence-corrected chi connectivity index (χ0v) is 12.2. The number of hydrogen-bond acceptors (Lipinski definition) is 2. The summed E-state index contributed by atoms with van der Waals surface area (Å²) in [4.78, 5) is 2.66. The van der Waals surface area contributed by atoms with Gasteiger partial charge in [-0.15, -0.1) is 0 Å². The van der Waals surface area contributed by atoms with Crippen LogP contribution in [0.25, 0.3) is 0 Å². The molecular weight excluding hydrogens is 214 g/mol. The Morgan fingerprint density at radius 3 is 2.38 bits per heavy atom. The molecule has 0 aliphatic carbocycles. The van der Waals surface area contributed by atoms with Gasteiger partial charge in [-0.05, 0) is 62.4 Å². The number of thiol groups is 1. The van der Waals surface area contributed by atoms with Gasteiger partial charge in [0.1, 0.15) is 0 Å². The van der Waals surface area contributed by atoms with E-state index in [2.05, 4.69) is 38.3 Å². The van der Waals surface area contributed by atoms with Crippen LogP contribution in [0.3, 0.4) is 0 Å². The summed E-state index contributed by atoms with van der Waals surface area (Å²) in [6, 6.07) is 0. The molecule has 0 amide bonds. The lowest BCUT2D eigenvalue weighted by Crippen LogP contribution is -2.39. The Labute approximate surface area is 107 Å². The van der Waals surface area contributed by atoms with Crippen molar-refractivity contribution in [3.8, 4) is 0 Å². The van der Waals surface area contributed by atoms with Crippen LogP contribution in [0.15, 0.2) is 0 Å².